The number of ether oxygens (including phenoxy) is 2. The van der Waals surface area contributed by atoms with Gasteiger partial charge in [0.25, 0.3) is 0 Å². The zero-order valence-corrected chi connectivity index (χ0v) is 13.4. The molecule has 0 amide bonds. The van der Waals surface area contributed by atoms with Gasteiger partial charge in [-0.3, -0.25) is 0 Å². The lowest BCUT2D eigenvalue weighted by molar-refractivity contribution is 0.176. The maximum Gasteiger partial charge on any atom is 0.161 e. The van der Waals surface area contributed by atoms with Crippen molar-refractivity contribution in [3.05, 3.63) is 23.8 Å². The highest BCUT2D eigenvalue weighted by molar-refractivity contribution is 5.43. The molecule has 2 N–H and O–H groups in total. The van der Waals surface area contributed by atoms with Gasteiger partial charge in [-0.2, -0.15) is 0 Å². The molecule has 0 saturated heterocycles. The summed E-state index contributed by atoms with van der Waals surface area (Å²) in [6.07, 6.45) is 9.73. The monoisotopic (exact) mass is 291 g/mol. The summed E-state index contributed by atoms with van der Waals surface area (Å²) >= 11 is 0. The fourth-order valence-electron chi connectivity index (χ4n) is 2.93. The standard InChI is InChI=1S/C18H29NO2/c1-3-15(19)12-14-10-11-17(20-2)18(13-14)21-16-8-6-4-5-7-9-16/h10-11,13,15-16H,3-9,12,19H2,1-2H3. The van der Waals surface area contributed by atoms with Crippen LogP contribution < -0.4 is 15.2 Å². The van der Waals surface area contributed by atoms with Gasteiger partial charge in [0.15, 0.2) is 11.5 Å². The van der Waals surface area contributed by atoms with Crippen molar-refractivity contribution in [2.75, 3.05) is 7.11 Å². The van der Waals surface area contributed by atoms with Gasteiger partial charge in [-0.05, 0) is 56.2 Å². The van der Waals surface area contributed by atoms with Crippen molar-refractivity contribution < 1.29 is 9.47 Å². The topological polar surface area (TPSA) is 44.5 Å². The Kier molecular flexibility index (Phi) is 6.37. The Bertz CT molecular complexity index is 425. The average Bonchev–Trinajstić information content (AvgIpc) is 2.76. The summed E-state index contributed by atoms with van der Waals surface area (Å²) < 4.78 is 11.7. The number of hydrogen-bond acceptors (Lipinski definition) is 3. The normalized spacial score (nSPS) is 18.0. The van der Waals surface area contributed by atoms with Gasteiger partial charge in [0, 0.05) is 6.04 Å². The van der Waals surface area contributed by atoms with Gasteiger partial charge in [-0.25, -0.2) is 0 Å². The summed E-state index contributed by atoms with van der Waals surface area (Å²) in [5, 5.41) is 0. The Balaban J connectivity index is 2.09. The van der Waals surface area contributed by atoms with E-state index < -0.39 is 0 Å². The largest absolute Gasteiger partial charge is 0.493 e. The molecular formula is C18H29NO2. The fraction of sp³-hybridized carbons (Fsp3) is 0.667. The second kappa shape index (κ2) is 8.28. The third-order valence-electron chi connectivity index (χ3n) is 4.35. The third-order valence-corrected chi connectivity index (χ3v) is 4.35. The third kappa shape index (κ3) is 4.92. The molecule has 21 heavy (non-hydrogen) atoms. The zero-order chi connectivity index (χ0) is 15.1. The number of benzene rings is 1. The molecule has 1 aliphatic carbocycles. The van der Waals surface area contributed by atoms with Crippen LogP contribution in [0.3, 0.4) is 0 Å². The van der Waals surface area contributed by atoms with Crippen LogP contribution in [0.4, 0.5) is 0 Å². The Morgan fingerprint density at radius 1 is 1.14 bits per heavy atom. The zero-order valence-electron chi connectivity index (χ0n) is 13.4. The predicted octanol–water partition coefficient (Wildman–Crippen LogP) is 4.08. The highest BCUT2D eigenvalue weighted by Crippen LogP contribution is 2.32. The van der Waals surface area contributed by atoms with Crippen LogP contribution in [0.5, 0.6) is 11.5 Å². The first kappa shape index (κ1) is 16.2. The Labute approximate surface area is 128 Å². The summed E-state index contributed by atoms with van der Waals surface area (Å²) in [6.45, 7) is 2.12. The smallest absolute Gasteiger partial charge is 0.161 e. The van der Waals surface area contributed by atoms with Crippen molar-refractivity contribution in [3.63, 3.8) is 0 Å². The molecule has 3 heteroatoms. The molecule has 0 radical (unpaired) electrons. The van der Waals surface area contributed by atoms with Crippen molar-refractivity contribution >= 4 is 0 Å². The molecular weight excluding hydrogens is 262 g/mol. The van der Waals surface area contributed by atoms with E-state index in [2.05, 4.69) is 19.1 Å². The van der Waals surface area contributed by atoms with E-state index in [4.69, 9.17) is 15.2 Å². The van der Waals surface area contributed by atoms with E-state index in [-0.39, 0.29) is 6.04 Å². The van der Waals surface area contributed by atoms with E-state index in [1.165, 1.54) is 31.2 Å². The van der Waals surface area contributed by atoms with Gasteiger partial charge in [-0.15, -0.1) is 0 Å². The van der Waals surface area contributed by atoms with Crippen molar-refractivity contribution in [2.45, 2.75) is 70.4 Å². The summed E-state index contributed by atoms with van der Waals surface area (Å²) in [5.74, 6) is 1.71. The van der Waals surface area contributed by atoms with Crippen LogP contribution in [0.1, 0.15) is 57.4 Å². The maximum atomic E-state index is 6.25. The summed E-state index contributed by atoms with van der Waals surface area (Å²) in [4.78, 5) is 0. The molecule has 118 valence electrons. The van der Waals surface area contributed by atoms with Gasteiger partial charge < -0.3 is 15.2 Å². The highest BCUT2D eigenvalue weighted by Gasteiger charge is 2.16. The number of methoxy groups -OCH3 is 1. The second-order valence-corrected chi connectivity index (χ2v) is 6.09. The van der Waals surface area contributed by atoms with E-state index in [9.17, 15) is 0 Å². The van der Waals surface area contributed by atoms with Crippen molar-refractivity contribution in [3.8, 4) is 11.5 Å². The van der Waals surface area contributed by atoms with E-state index >= 15 is 0 Å². The quantitative estimate of drug-likeness (QED) is 0.803. The molecule has 1 atom stereocenters. The van der Waals surface area contributed by atoms with Crippen molar-refractivity contribution in [1.29, 1.82) is 0 Å². The first-order chi connectivity index (χ1) is 10.2. The summed E-state index contributed by atoms with van der Waals surface area (Å²) in [6, 6.07) is 6.42. The molecule has 2 rings (SSSR count). The van der Waals surface area contributed by atoms with E-state index in [0.29, 0.717) is 6.10 Å². The molecule has 0 bridgehead atoms. The van der Waals surface area contributed by atoms with Gasteiger partial charge in [0.1, 0.15) is 0 Å². The van der Waals surface area contributed by atoms with Crippen LogP contribution in [-0.2, 0) is 6.42 Å². The van der Waals surface area contributed by atoms with Crippen molar-refractivity contribution in [2.24, 2.45) is 5.73 Å². The lowest BCUT2D eigenvalue weighted by Crippen LogP contribution is -2.21. The van der Waals surface area contributed by atoms with Crippen molar-refractivity contribution in [1.82, 2.24) is 0 Å². The van der Waals surface area contributed by atoms with Gasteiger partial charge in [0.05, 0.1) is 13.2 Å². The Morgan fingerprint density at radius 3 is 2.48 bits per heavy atom. The first-order valence-electron chi connectivity index (χ1n) is 8.32. The minimum absolute atomic E-state index is 0.212. The van der Waals surface area contributed by atoms with Crippen LogP contribution in [0.2, 0.25) is 0 Å². The average molecular weight is 291 g/mol. The minimum Gasteiger partial charge on any atom is -0.493 e. The Morgan fingerprint density at radius 2 is 1.86 bits per heavy atom. The van der Waals surface area contributed by atoms with Crippen LogP contribution in [-0.4, -0.2) is 19.3 Å². The van der Waals surface area contributed by atoms with Gasteiger partial charge >= 0.3 is 0 Å². The number of hydrogen-bond donors (Lipinski definition) is 1. The molecule has 1 aromatic carbocycles. The lowest BCUT2D eigenvalue weighted by Gasteiger charge is -2.20. The predicted molar refractivity (Wildman–Crippen MR) is 87.1 cm³/mol. The fourth-order valence-corrected chi connectivity index (χ4v) is 2.93. The van der Waals surface area contributed by atoms with E-state index in [1.54, 1.807) is 7.11 Å². The molecule has 0 aromatic heterocycles. The molecule has 1 unspecified atom stereocenters. The van der Waals surface area contributed by atoms with Crippen LogP contribution in [0.15, 0.2) is 18.2 Å². The molecule has 0 heterocycles. The Hall–Kier alpha value is -1.22. The SMILES string of the molecule is CCC(N)Cc1ccc(OC)c(OC2CCCCCC2)c1. The number of nitrogens with two attached hydrogens (primary N) is 1. The highest BCUT2D eigenvalue weighted by atomic mass is 16.5. The molecule has 1 aromatic rings. The van der Waals surface area contributed by atoms with Crippen LogP contribution in [0, 0.1) is 0 Å². The van der Waals surface area contributed by atoms with E-state index in [1.807, 2.05) is 6.07 Å². The lowest BCUT2D eigenvalue weighted by atomic mass is 10.0. The van der Waals surface area contributed by atoms with Crippen LogP contribution in [0.25, 0.3) is 0 Å². The number of rotatable bonds is 6. The van der Waals surface area contributed by atoms with Gasteiger partial charge in [0.2, 0.25) is 0 Å². The van der Waals surface area contributed by atoms with Gasteiger partial charge in [-0.1, -0.05) is 25.8 Å². The molecule has 1 saturated carbocycles. The molecule has 0 aliphatic heterocycles. The van der Waals surface area contributed by atoms with Crippen LogP contribution >= 0.6 is 0 Å². The first-order valence-corrected chi connectivity index (χ1v) is 8.32. The summed E-state index contributed by atoms with van der Waals surface area (Å²) in [7, 11) is 1.70. The second-order valence-electron chi connectivity index (χ2n) is 6.09. The summed E-state index contributed by atoms with van der Waals surface area (Å²) in [5.41, 5.74) is 7.29. The minimum atomic E-state index is 0.212. The maximum absolute atomic E-state index is 6.25. The molecule has 1 aliphatic rings. The molecule has 3 nitrogen and oxygen atoms in total. The van der Waals surface area contributed by atoms with E-state index in [0.717, 1.165) is 37.2 Å². The molecule has 1 fully saturated rings. The molecule has 0 spiro atoms.